The highest BCUT2D eigenvalue weighted by atomic mass is 16.5. The molecule has 3 nitrogen and oxygen atoms in total. The molecule has 3 heteroatoms. The first-order valence-corrected chi connectivity index (χ1v) is 6.35. The number of anilines is 2. The Morgan fingerprint density at radius 1 is 1.17 bits per heavy atom. The van der Waals surface area contributed by atoms with Crippen molar-refractivity contribution in [3.63, 3.8) is 0 Å². The Kier molecular flexibility index (Phi) is 4.15. The fourth-order valence-corrected chi connectivity index (χ4v) is 2.51. The molecule has 0 aliphatic carbocycles. The summed E-state index contributed by atoms with van der Waals surface area (Å²) in [6.45, 7) is 11.1. The minimum atomic E-state index is -0.0151. The van der Waals surface area contributed by atoms with Gasteiger partial charge in [0.1, 0.15) is 5.75 Å². The van der Waals surface area contributed by atoms with E-state index in [1.54, 1.807) is 7.11 Å². The highest BCUT2D eigenvalue weighted by Gasteiger charge is 2.25. The van der Waals surface area contributed by atoms with Gasteiger partial charge in [-0.15, -0.1) is 0 Å². The first kappa shape index (κ1) is 14.7. The number of benzene rings is 1. The first-order chi connectivity index (χ1) is 8.13. The normalized spacial score (nSPS) is 12.3. The summed E-state index contributed by atoms with van der Waals surface area (Å²) in [4.78, 5) is 0. The average molecular weight is 250 g/mol. The number of nitrogens with two attached hydrogens (primary N) is 1. The van der Waals surface area contributed by atoms with Gasteiger partial charge in [-0.2, -0.15) is 0 Å². The van der Waals surface area contributed by atoms with Crippen LogP contribution >= 0.6 is 0 Å². The molecule has 102 valence electrons. The summed E-state index contributed by atoms with van der Waals surface area (Å²) in [6.07, 6.45) is 1.05. The summed E-state index contributed by atoms with van der Waals surface area (Å²) in [6, 6.07) is 5.69. The Bertz CT molecular complexity index is 405. The molecule has 0 saturated carbocycles. The van der Waals surface area contributed by atoms with Gasteiger partial charge in [0.25, 0.3) is 0 Å². The Morgan fingerprint density at radius 2 is 1.78 bits per heavy atom. The van der Waals surface area contributed by atoms with Crippen LogP contribution in [0.1, 0.15) is 41.0 Å². The molecule has 0 aliphatic heterocycles. The third-order valence-electron chi connectivity index (χ3n) is 2.71. The van der Waals surface area contributed by atoms with Gasteiger partial charge in [-0.1, -0.05) is 20.8 Å². The maximum absolute atomic E-state index is 6.00. The van der Waals surface area contributed by atoms with E-state index in [2.05, 4.69) is 39.9 Å². The molecular formula is C15H26N2O. The predicted molar refractivity (Wildman–Crippen MR) is 79.2 cm³/mol. The Balaban J connectivity index is 2.89. The quantitative estimate of drug-likeness (QED) is 0.797. The molecule has 0 fully saturated rings. The highest BCUT2D eigenvalue weighted by molar-refractivity contribution is 5.69. The fourth-order valence-electron chi connectivity index (χ4n) is 2.51. The number of rotatable bonds is 4. The average Bonchev–Trinajstić information content (AvgIpc) is 2.17. The molecule has 0 unspecified atom stereocenters. The minimum Gasteiger partial charge on any atom is -0.497 e. The summed E-state index contributed by atoms with van der Waals surface area (Å²) in [5.74, 6) is 0.818. The summed E-state index contributed by atoms with van der Waals surface area (Å²) in [7, 11) is 1.66. The van der Waals surface area contributed by atoms with E-state index in [-0.39, 0.29) is 11.0 Å². The lowest BCUT2D eigenvalue weighted by Crippen LogP contribution is -2.35. The van der Waals surface area contributed by atoms with Crippen LogP contribution in [0, 0.1) is 5.41 Å². The summed E-state index contributed by atoms with van der Waals surface area (Å²) >= 11 is 0. The van der Waals surface area contributed by atoms with E-state index < -0.39 is 0 Å². The molecule has 0 amide bonds. The SMILES string of the molecule is COc1ccc(N)c(NC(C)(C)CC(C)(C)C)c1. The van der Waals surface area contributed by atoms with Crippen LogP contribution in [-0.2, 0) is 0 Å². The number of nitrogens with one attached hydrogen (secondary N) is 1. The molecule has 1 aromatic rings. The van der Waals surface area contributed by atoms with Gasteiger partial charge in [-0.05, 0) is 37.8 Å². The van der Waals surface area contributed by atoms with Crippen molar-refractivity contribution < 1.29 is 4.74 Å². The van der Waals surface area contributed by atoms with Crippen LogP contribution in [-0.4, -0.2) is 12.6 Å². The van der Waals surface area contributed by atoms with E-state index in [0.717, 1.165) is 23.5 Å². The highest BCUT2D eigenvalue weighted by Crippen LogP contribution is 2.32. The standard InChI is InChI=1S/C15H26N2O/c1-14(2,3)10-15(4,5)17-13-9-11(18-6)7-8-12(13)16/h7-9,17H,10,16H2,1-6H3. The molecule has 1 aromatic carbocycles. The summed E-state index contributed by atoms with van der Waals surface area (Å²) in [5, 5.41) is 3.51. The number of hydrogen-bond acceptors (Lipinski definition) is 3. The van der Waals surface area contributed by atoms with Crippen molar-refractivity contribution in [2.45, 2.75) is 46.6 Å². The van der Waals surface area contributed by atoms with Crippen LogP contribution in [0.25, 0.3) is 0 Å². The van der Waals surface area contributed by atoms with Crippen LogP contribution in [0.2, 0.25) is 0 Å². The Labute approximate surface area is 111 Å². The zero-order chi connectivity index (χ0) is 14.0. The molecule has 3 N–H and O–H groups in total. The maximum Gasteiger partial charge on any atom is 0.121 e. The van der Waals surface area contributed by atoms with Gasteiger partial charge in [0.05, 0.1) is 18.5 Å². The van der Waals surface area contributed by atoms with E-state index in [9.17, 15) is 0 Å². The molecule has 0 atom stereocenters. The summed E-state index contributed by atoms with van der Waals surface area (Å²) in [5.41, 5.74) is 7.93. The van der Waals surface area contributed by atoms with E-state index in [1.165, 1.54) is 0 Å². The van der Waals surface area contributed by atoms with Gasteiger partial charge in [-0.25, -0.2) is 0 Å². The van der Waals surface area contributed by atoms with Gasteiger partial charge in [0.2, 0.25) is 0 Å². The molecular weight excluding hydrogens is 224 g/mol. The number of hydrogen-bond donors (Lipinski definition) is 2. The van der Waals surface area contributed by atoms with Crippen molar-refractivity contribution in [2.75, 3.05) is 18.2 Å². The van der Waals surface area contributed by atoms with Crippen molar-refractivity contribution in [1.29, 1.82) is 0 Å². The molecule has 0 aromatic heterocycles. The van der Waals surface area contributed by atoms with Crippen LogP contribution < -0.4 is 15.8 Å². The lowest BCUT2D eigenvalue weighted by atomic mass is 9.81. The molecule has 1 rings (SSSR count). The van der Waals surface area contributed by atoms with Gasteiger partial charge < -0.3 is 15.8 Å². The third kappa shape index (κ3) is 4.47. The van der Waals surface area contributed by atoms with Crippen LogP contribution in [0.4, 0.5) is 11.4 Å². The lowest BCUT2D eigenvalue weighted by molar-refractivity contribution is 0.302. The van der Waals surface area contributed by atoms with Crippen LogP contribution in [0.5, 0.6) is 5.75 Å². The molecule has 0 spiro atoms. The Morgan fingerprint density at radius 3 is 2.28 bits per heavy atom. The topological polar surface area (TPSA) is 47.3 Å². The van der Waals surface area contributed by atoms with Crippen LogP contribution in [0.15, 0.2) is 18.2 Å². The maximum atomic E-state index is 6.00. The molecule has 0 radical (unpaired) electrons. The zero-order valence-electron chi connectivity index (χ0n) is 12.4. The zero-order valence-corrected chi connectivity index (χ0v) is 12.4. The van der Waals surface area contributed by atoms with E-state index in [1.807, 2.05) is 18.2 Å². The predicted octanol–water partition coefficient (Wildman–Crippen LogP) is 3.90. The summed E-state index contributed by atoms with van der Waals surface area (Å²) < 4.78 is 5.23. The van der Waals surface area contributed by atoms with Gasteiger partial charge in [0.15, 0.2) is 0 Å². The second-order valence-corrected chi connectivity index (χ2v) is 6.70. The molecule has 18 heavy (non-hydrogen) atoms. The molecule has 0 heterocycles. The monoisotopic (exact) mass is 250 g/mol. The minimum absolute atomic E-state index is 0.0151. The second kappa shape index (κ2) is 5.09. The van der Waals surface area contributed by atoms with Crippen molar-refractivity contribution in [3.8, 4) is 5.75 Å². The van der Waals surface area contributed by atoms with Gasteiger partial charge in [-0.3, -0.25) is 0 Å². The largest absolute Gasteiger partial charge is 0.497 e. The molecule has 0 bridgehead atoms. The smallest absolute Gasteiger partial charge is 0.121 e. The fraction of sp³-hybridized carbons (Fsp3) is 0.600. The van der Waals surface area contributed by atoms with Crippen LogP contribution in [0.3, 0.4) is 0 Å². The van der Waals surface area contributed by atoms with Crippen molar-refractivity contribution in [1.82, 2.24) is 0 Å². The van der Waals surface area contributed by atoms with Crippen molar-refractivity contribution in [2.24, 2.45) is 5.41 Å². The lowest BCUT2D eigenvalue weighted by Gasteiger charge is -2.34. The second-order valence-electron chi connectivity index (χ2n) is 6.70. The van der Waals surface area contributed by atoms with E-state index in [0.29, 0.717) is 0 Å². The molecule has 0 saturated heterocycles. The third-order valence-corrected chi connectivity index (χ3v) is 2.71. The number of nitrogen functional groups attached to an aromatic ring is 1. The van der Waals surface area contributed by atoms with E-state index in [4.69, 9.17) is 10.5 Å². The van der Waals surface area contributed by atoms with Gasteiger partial charge in [0, 0.05) is 11.6 Å². The van der Waals surface area contributed by atoms with Crippen molar-refractivity contribution >= 4 is 11.4 Å². The molecule has 0 aliphatic rings. The van der Waals surface area contributed by atoms with E-state index >= 15 is 0 Å². The first-order valence-electron chi connectivity index (χ1n) is 6.35. The van der Waals surface area contributed by atoms with Crippen molar-refractivity contribution in [3.05, 3.63) is 18.2 Å². The number of methoxy groups -OCH3 is 1. The Hall–Kier alpha value is -1.38. The van der Waals surface area contributed by atoms with Gasteiger partial charge >= 0.3 is 0 Å². The number of ether oxygens (including phenoxy) is 1.